The average Bonchev–Trinajstić information content (AvgIpc) is 2.16. The van der Waals surface area contributed by atoms with Crippen molar-refractivity contribution < 1.29 is 5.11 Å². The third kappa shape index (κ3) is 4.85. The van der Waals surface area contributed by atoms with E-state index in [1.165, 1.54) is 17.8 Å². The van der Waals surface area contributed by atoms with E-state index >= 15 is 0 Å². The first kappa shape index (κ1) is 12.1. The summed E-state index contributed by atoms with van der Waals surface area (Å²) in [5.74, 6) is 1.73. The van der Waals surface area contributed by atoms with Crippen LogP contribution in [0, 0.1) is 0 Å². The zero-order valence-electron chi connectivity index (χ0n) is 8.52. The summed E-state index contributed by atoms with van der Waals surface area (Å²) in [6, 6.07) is 1.54. The molecule has 0 fully saturated rings. The lowest BCUT2D eigenvalue weighted by molar-refractivity contribution is 0.284. The molecule has 1 heterocycles. The van der Waals surface area contributed by atoms with Crippen LogP contribution in [-0.2, 0) is 0 Å². The highest BCUT2D eigenvalue weighted by Gasteiger charge is 2.00. The molecule has 15 heavy (non-hydrogen) atoms. The second-order valence-electron chi connectivity index (χ2n) is 3.13. The Balaban J connectivity index is 2.31. The van der Waals surface area contributed by atoms with Crippen LogP contribution < -0.4 is 11.5 Å². The van der Waals surface area contributed by atoms with Gasteiger partial charge in [-0.05, 0) is 12.8 Å². The van der Waals surface area contributed by atoms with Crippen LogP contribution in [-0.4, -0.2) is 27.4 Å². The molecule has 1 aromatic heterocycles. The summed E-state index contributed by atoms with van der Waals surface area (Å²) >= 11 is 1.54. The van der Waals surface area contributed by atoms with E-state index in [0.717, 1.165) is 25.0 Å². The molecule has 6 heteroatoms. The van der Waals surface area contributed by atoms with Gasteiger partial charge < -0.3 is 16.6 Å². The Bertz CT molecular complexity index is 288. The number of aliphatic hydroxyl groups excluding tert-OH is 1. The molecule has 0 unspecified atom stereocenters. The molecule has 0 saturated carbocycles. The second-order valence-corrected chi connectivity index (χ2v) is 4.20. The van der Waals surface area contributed by atoms with Gasteiger partial charge in [0, 0.05) is 18.4 Å². The molecule has 0 saturated heterocycles. The minimum Gasteiger partial charge on any atom is -0.396 e. The summed E-state index contributed by atoms with van der Waals surface area (Å²) in [4.78, 5) is 8.10. The van der Waals surface area contributed by atoms with Crippen LogP contribution in [0.25, 0.3) is 0 Å². The number of rotatable bonds is 6. The van der Waals surface area contributed by atoms with E-state index in [-0.39, 0.29) is 6.61 Å². The average molecular weight is 228 g/mol. The standard InChI is InChI=1S/C9H16N4OS/c10-7-6-8(11)13-9(12-7)15-5-3-1-2-4-14/h6,14H,1-5H2,(H4,10,11,12,13). The van der Waals surface area contributed by atoms with Crippen LogP contribution in [0.4, 0.5) is 11.6 Å². The molecule has 0 aromatic carbocycles. The Labute approximate surface area is 93.3 Å². The van der Waals surface area contributed by atoms with E-state index in [1.807, 2.05) is 0 Å². The maximum atomic E-state index is 8.59. The molecule has 5 N–H and O–H groups in total. The number of anilines is 2. The van der Waals surface area contributed by atoms with Crippen LogP contribution in [0.2, 0.25) is 0 Å². The minimum atomic E-state index is 0.256. The lowest BCUT2D eigenvalue weighted by Gasteiger charge is -2.02. The summed E-state index contributed by atoms with van der Waals surface area (Å²) in [5, 5.41) is 9.21. The molecular weight excluding hydrogens is 212 g/mol. The zero-order chi connectivity index (χ0) is 11.1. The molecule has 0 aliphatic rings. The van der Waals surface area contributed by atoms with Crippen molar-refractivity contribution in [2.24, 2.45) is 0 Å². The quantitative estimate of drug-likeness (QED) is 0.380. The lowest BCUT2D eigenvalue weighted by atomic mass is 10.3. The smallest absolute Gasteiger partial charge is 0.191 e. The number of nitrogen functional groups attached to an aromatic ring is 2. The number of nitrogens with two attached hydrogens (primary N) is 2. The monoisotopic (exact) mass is 228 g/mol. The van der Waals surface area contributed by atoms with Gasteiger partial charge >= 0.3 is 0 Å². The van der Waals surface area contributed by atoms with E-state index in [9.17, 15) is 0 Å². The van der Waals surface area contributed by atoms with Crippen LogP contribution in [0.3, 0.4) is 0 Å². The van der Waals surface area contributed by atoms with Crippen LogP contribution in [0.1, 0.15) is 19.3 Å². The molecule has 0 aliphatic carbocycles. The Hall–Kier alpha value is -1.01. The Kier molecular flexibility index (Phi) is 5.20. The summed E-state index contributed by atoms with van der Waals surface area (Å²) < 4.78 is 0. The molecule has 0 spiro atoms. The first-order valence-corrected chi connectivity index (χ1v) is 5.84. The second kappa shape index (κ2) is 6.47. The molecule has 0 bridgehead atoms. The van der Waals surface area contributed by atoms with Gasteiger partial charge in [-0.25, -0.2) is 9.97 Å². The lowest BCUT2D eigenvalue weighted by Crippen LogP contribution is -1.99. The first-order chi connectivity index (χ1) is 7.22. The van der Waals surface area contributed by atoms with Gasteiger partial charge in [0.25, 0.3) is 0 Å². The van der Waals surface area contributed by atoms with Gasteiger partial charge in [-0.3, -0.25) is 0 Å². The highest BCUT2D eigenvalue weighted by atomic mass is 32.2. The van der Waals surface area contributed by atoms with Gasteiger partial charge in [-0.15, -0.1) is 0 Å². The molecular formula is C9H16N4OS. The van der Waals surface area contributed by atoms with Gasteiger partial charge in [0.05, 0.1) is 0 Å². The molecule has 0 atom stereocenters. The summed E-state index contributed by atoms with van der Waals surface area (Å²) in [6.45, 7) is 0.256. The largest absolute Gasteiger partial charge is 0.396 e. The van der Waals surface area contributed by atoms with E-state index in [1.54, 1.807) is 0 Å². The number of aliphatic hydroxyl groups is 1. The summed E-state index contributed by atoms with van der Waals surface area (Å²) in [5.41, 5.74) is 11.1. The highest BCUT2D eigenvalue weighted by Crippen LogP contribution is 2.17. The molecule has 1 aromatic rings. The third-order valence-corrected chi connectivity index (χ3v) is 2.71. The molecule has 0 aliphatic heterocycles. The van der Waals surface area contributed by atoms with Crippen molar-refractivity contribution in [3.63, 3.8) is 0 Å². The SMILES string of the molecule is Nc1cc(N)nc(SCCCCCO)n1. The van der Waals surface area contributed by atoms with Crippen molar-refractivity contribution in [2.45, 2.75) is 24.4 Å². The predicted molar refractivity (Wildman–Crippen MR) is 62.5 cm³/mol. The first-order valence-electron chi connectivity index (χ1n) is 4.86. The summed E-state index contributed by atoms with van der Waals surface area (Å²) in [7, 11) is 0. The minimum absolute atomic E-state index is 0.256. The maximum absolute atomic E-state index is 8.59. The van der Waals surface area contributed by atoms with Gasteiger partial charge in [0.1, 0.15) is 11.6 Å². The molecule has 0 radical (unpaired) electrons. The van der Waals surface area contributed by atoms with Gasteiger partial charge in [0.15, 0.2) is 5.16 Å². The topological polar surface area (TPSA) is 98.1 Å². The van der Waals surface area contributed by atoms with E-state index < -0.39 is 0 Å². The fourth-order valence-corrected chi connectivity index (χ4v) is 1.95. The number of thioether (sulfide) groups is 1. The molecule has 5 nitrogen and oxygen atoms in total. The van der Waals surface area contributed by atoms with Crippen molar-refractivity contribution in [1.29, 1.82) is 0 Å². The molecule has 1 rings (SSSR count). The number of unbranched alkanes of at least 4 members (excludes halogenated alkanes) is 2. The normalized spacial score (nSPS) is 10.5. The maximum Gasteiger partial charge on any atom is 0.191 e. The van der Waals surface area contributed by atoms with E-state index in [2.05, 4.69) is 9.97 Å². The van der Waals surface area contributed by atoms with Crippen molar-refractivity contribution in [3.8, 4) is 0 Å². The van der Waals surface area contributed by atoms with Crippen LogP contribution in [0.5, 0.6) is 0 Å². The highest BCUT2D eigenvalue weighted by molar-refractivity contribution is 7.99. The fraction of sp³-hybridized carbons (Fsp3) is 0.556. The zero-order valence-corrected chi connectivity index (χ0v) is 9.33. The third-order valence-electron chi connectivity index (χ3n) is 1.78. The number of aromatic nitrogens is 2. The van der Waals surface area contributed by atoms with Crippen molar-refractivity contribution in [1.82, 2.24) is 9.97 Å². The van der Waals surface area contributed by atoms with Gasteiger partial charge in [-0.2, -0.15) is 0 Å². The van der Waals surface area contributed by atoms with Crippen LogP contribution in [0.15, 0.2) is 11.2 Å². The molecule has 0 amide bonds. The Morgan fingerprint density at radius 3 is 2.40 bits per heavy atom. The van der Waals surface area contributed by atoms with Crippen LogP contribution >= 0.6 is 11.8 Å². The summed E-state index contributed by atoms with van der Waals surface area (Å²) in [6.07, 6.45) is 2.89. The van der Waals surface area contributed by atoms with Gasteiger partial charge in [-0.1, -0.05) is 18.2 Å². The Morgan fingerprint density at radius 1 is 1.13 bits per heavy atom. The van der Waals surface area contributed by atoms with Crippen molar-refractivity contribution >= 4 is 23.4 Å². The van der Waals surface area contributed by atoms with E-state index in [0.29, 0.717) is 16.8 Å². The van der Waals surface area contributed by atoms with Crippen molar-refractivity contribution in [3.05, 3.63) is 6.07 Å². The van der Waals surface area contributed by atoms with Gasteiger partial charge in [0.2, 0.25) is 0 Å². The fourth-order valence-electron chi connectivity index (χ4n) is 1.08. The van der Waals surface area contributed by atoms with Crippen molar-refractivity contribution in [2.75, 3.05) is 23.8 Å². The number of nitrogens with zero attached hydrogens (tertiary/aromatic N) is 2. The predicted octanol–water partition coefficient (Wildman–Crippen LogP) is 0.896. The number of hydrogen-bond donors (Lipinski definition) is 3. The Morgan fingerprint density at radius 2 is 1.80 bits per heavy atom. The molecule has 84 valence electrons. The number of hydrogen-bond acceptors (Lipinski definition) is 6. The van der Waals surface area contributed by atoms with E-state index in [4.69, 9.17) is 16.6 Å².